The first kappa shape index (κ1) is 13.3. The summed E-state index contributed by atoms with van der Waals surface area (Å²) in [4.78, 5) is 8.72. The van der Waals surface area contributed by atoms with Crippen molar-refractivity contribution in [2.45, 2.75) is 20.3 Å². The Morgan fingerprint density at radius 3 is 2.47 bits per heavy atom. The Morgan fingerprint density at radius 2 is 1.84 bits per heavy atom. The molecule has 0 aliphatic heterocycles. The summed E-state index contributed by atoms with van der Waals surface area (Å²) in [6.45, 7) is 4.77. The molecular weight excluding hydrogens is 238 g/mol. The second-order valence-electron chi connectivity index (χ2n) is 4.45. The van der Waals surface area contributed by atoms with E-state index in [1.165, 1.54) is 5.56 Å². The van der Waals surface area contributed by atoms with Gasteiger partial charge in [-0.05, 0) is 38.0 Å². The highest BCUT2D eigenvalue weighted by molar-refractivity contribution is 5.34. The van der Waals surface area contributed by atoms with E-state index < -0.39 is 0 Å². The predicted octanol–water partition coefficient (Wildman–Crippen LogP) is 2.76. The molecule has 0 fully saturated rings. The smallest absolute Gasteiger partial charge is 0.144 e. The lowest BCUT2D eigenvalue weighted by Gasteiger charge is -2.07. The van der Waals surface area contributed by atoms with Crippen LogP contribution in [0.1, 0.15) is 17.0 Å². The quantitative estimate of drug-likeness (QED) is 0.894. The number of rotatable bonds is 5. The Bertz CT molecular complexity index is 538. The highest BCUT2D eigenvalue weighted by Gasteiger charge is 1.99. The van der Waals surface area contributed by atoms with Crippen molar-refractivity contribution in [2.24, 2.45) is 0 Å². The van der Waals surface area contributed by atoms with E-state index in [4.69, 9.17) is 4.74 Å². The van der Waals surface area contributed by atoms with Gasteiger partial charge >= 0.3 is 0 Å². The molecule has 0 spiro atoms. The van der Waals surface area contributed by atoms with E-state index in [1.807, 2.05) is 26.0 Å². The van der Waals surface area contributed by atoms with Gasteiger partial charge in [0, 0.05) is 6.54 Å². The molecule has 2 aromatic rings. The van der Waals surface area contributed by atoms with Crippen LogP contribution in [0.4, 0.5) is 5.82 Å². The summed E-state index contributed by atoms with van der Waals surface area (Å²) in [5.41, 5.74) is 3.21. The lowest BCUT2D eigenvalue weighted by molar-refractivity contribution is 0.414. The molecule has 0 aliphatic carbocycles. The SMILES string of the molecule is COc1ccc(CCNc2cnc(C)c(C)n2)cc1. The minimum Gasteiger partial charge on any atom is -0.497 e. The maximum absolute atomic E-state index is 5.13. The zero-order chi connectivity index (χ0) is 13.7. The van der Waals surface area contributed by atoms with E-state index >= 15 is 0 Å². The number of hydrogen-bond donors (Lipinski definition) is 1. The fourth-order valence-electron chi connectivity index (χ4n) is 1.75. The van der Waals surface area contributed by atoms with Crippen molar-refractivity contribution in [2.75, 3.05) is 19.0 Å². The molecule has 1 aromatic heterocycles. The molecule has 4 heteroatoms. The van der Waals surface area contributed by atoms with E-state index in [0.29, 0.717) is 0 Å². The summed E-state index contributed by atoms with van der Waals surface area (Å²) in [7, 11) is 1.68. The van der Waals surface area contributed by atoms with Gasteiger partial charge in [-0.1, -0.05) is 12.1 Å². The molecule has 0 bridgehead atoms. The van der Waals surface area contributed by atoms with Crippen molar-refractivity contribution in [3.05, 3.63) is 47.4 Å². The number of aryl methyl sites for hydroxylation is 2. The summed E-state index contributed by atoms with van der Waals surface area (Å²) < 4.78 is 5.13. The molecule has 4 nitrogen and oxygen atoms in total. The molecule has 2 rings (SSSR count). The number of methoxy groups -OCH3 is 1. The van der Waals surface area contributed by atoms with Crippen molar-refractivity contribution in [1.29, 1.82) is 0 Å². The first-order valence-electron chi connectivity index (χ1n) is 6.36. The summed E-state index contributed by atoms with van der Waals surface area (Å²) in [6.07, 6.45) is 2.72. The number of benzene rings is 1. The molecular formula is C15H19N3O. The van der Waals surface area contributed by atoms with Crippen LogP contribution < -0.4 is 10.1 Å². The van der Waals surface area contributed by atoms with Gasteiger partial charge in [0.05, 0.1) is 24.7 Å². The minimum absolute atomic E-state index is 0.830. The second-order valence-corrected chi connectivity index (χ2v) is 4.45. The Kier molecular flexibility index (Phi) is 4.34. The van der Waals surface area contributed by atoms with Gasteiger partial charge in [0.2, 0.25) is 0 Å². The lowest BCUT2D eigenvalue weighted by Crippen LogP contribution is -2.07. The Balaban J connectivity index is 1.86. The molecule has 1 heterocycles. The fourth-order valence-corrected chi connectivity index (χ4v) is 1.75. The molecule has 0 amide bonds. The number of aromatic nitrogens is 2. The van der Waals surface area contributed by atoms with E-state index in [-0.39, 0.29) is 0 Å². The number of nitrogens with one attached hydrogen (secondary N) is 1. The van der Waals surface area contributed by atoms with Gasteiger partial charge in [-0.15, -0.1) is 0 Å². The number of nitrogens with zero attached hydrogens (tertiary/aromatic N) is 2. The molecule has 0 unspecified atom stereocenters. The van der Waals surface area contributed by atoms with Crippen molar-refractivity contribution in [1.82, 2.24) is 9.97 Å². The fraction of sp³-hybridized carbons (Fsp3) is 0.333. The Morgan fingerprint density at radius 1 is 1.11 bits per heavy atom. The topological polar surface area (TPSA) is 47.0 Å². The second kappa shape index (κ2) is 6.18. The average molecular weight is 257 g/mol. The minimum atomic E-state index is 0.830. The largest absolute Gasteiger partial charge is 0.497 e. The van der Waals surface area contributed by atoms with Crippen molar-refractivity contribution < 1.29 is 4.74 Å². The number of ether oxygens (including phenoxy) is 1. The molecule has 0 aliphatic rings. The van der Waals surface area contributed by atoms with E-state index in [0.717, 1.165) is 35.9 Å². The Labute approximate surface area is 113 Å². The van der Waals surface area contributed by atoms with Crippen molar-refractivity contribution in [3.8, 4) is 5.75 Å². The lowest BCUT2D eigenvalue weighted by atomic mass is 10.1. The maximum atomic E-state index is 5.13. The molecule has 1 aromatic carbocycles. The molecule has 0 atom stereocenters. The standard InChI is InChI=1S/C15H19N3O/c1-11-12(2)18-15(10-17-11)16-9-8-13-4-6-14(19-3)7-5-13/h4-7,10H,8-9H2,1-3H3,(H,16,18). The van der Waals surface area contributed by atoms with Crippen LogP contribution in [0.15, 0.2) is 30.5 Å². The maximum Gasteiger partial charge on any atom is 0.144 e. The van der Waals surface area contributed by atoms with Gasteiger partial charge in [0.1, 0.15) is 11.6 Å². The highest BCUT2D eigenvalue weighted by Crippen LogP contribution is 2.12. The van der Waals surface area contributed by atoms with Gasteiger partial charge in [-0.25, -0.2) is 4.98 Å². The molecule has 0 saturated carbocycles. The normalized spacial score (nSPS) is 10.3. The van der Waals surface area contributed by atoms with Gasteiger partial charge in [0.15, 0.2) is 0 Å². The number of hydrogen-bond acceptors (Lipinski definition) is 4. The first-order valence-corrected chi connectivity index (χ1v) is 6.36. The van der Waals surface area contributed by atoms with E-state index in [9.17, 15) is 0 Å². The van der Waals surface area contributed by atoms with Crippen LogP contribution in [0.5, 0.6) is 5.75 Å². The highest BCUT2D eigenvalue weighted by atomic mass is 16.5. The van der Waals surface area contributed by atoms with E-state index in [2.05, 4.69) is 27.4 Å². The molecule has 1 N–H and O–H groups in total. The van der Waals surface area contributed by atoms with E-state index in [1.54, 1.807) is 13.3 Å². The summed E-state index contributed by atoms with van der Waals surface area (Å²) >= 11 is 0. The monoisotopic (exact) mass is 257 g/mol. The molecule has 19 heavy (non-hydrogen) atoms. The van der Waals surface area contributed by atoms with Crippen molar-refractivity contribution >= 4 is 5.82 Å². The molecule has 0 radical (unpaired) electrons. The zero-order valence-electron chi connectivity index (χ0n) is 11.6. The van der Waals surface area contributed by atoms with Crippen LogP contribution in [-0.4, -0.2) is 23.6 Å². The summed E-state index contributed by atoms with van der Waals surface area (Å²) in [6, 6.07) is 8.11. The van der Waals surface area contributed by atoms with Crippen molar-refractivity contribution in [3.63, 3.8) is 0 Å². The van der Waals surface area contributed by atoms with Crippen LogP contribution in [0.3, 0.4) is 0 Å². The Hall–Kier alpha value is -2.10. The first-order chi connectivity index (χ1) is 9.19. The van der Waals surface area contributed by atoms with Crippen LogP contribution >= 0.6 is 0 Å². The molecule has 0 saturated heterocycles. The third-order valence-corrected chi connectivity index (χ3v) is 3.07. The van der Waals surface area contributed by atoms with Gasteiger partial charge < -0.3 is 10.1 Å². The molecule has 100 valence electrons. The van der Waals surface area contributed by atoms with Gasteiger partial charge in [0.25, 0.3) is 0 Å². The average Bonchev–Trinajstić information content (AvgIpc) is 2.43. The summed E-state index contributed by atoms with van der Waals surface area (Å²) in [5, 5.41) is 3.28. The van der Waals surface area contributed by atoms with Crippen LogP contribution in [0.25, 0.3) is 0 Å². The third kappa shape index (κ3) is 3.68. The zero-order valence-corrected chi connectivity index (χ0v) is 11.6. The predicted molar refractivity (Wildman–Crippen MR) is 76.7 cm³/mol. The van der Waals surface area contributed by atoms with Gasteiger partial charge in [-0.2, -0.15) is 0 Å². The third-order valence-electron chi connectivity index (χ3n) is 3.07. The van der Waals surface area contributed by atoms with Crippen LogP contribution in [0.2, 0.25) is 0 Å². The van der Waals surface area contributed by atoms with Crippen LogP contribution in [-0.2, 0) is 6.42 Å². The number of anilines is 1. The summed E-state index contributed by atoms with van der Waals surface area (Å²) in [5.74, 6) is 1.72. The van der Waals surface area contributed by atoms with Crippen LogP contribution in [0, 0.1) is 13.8 Å². The van der Waals surface area contributed by atoms with Gasteiger partial charge in [-0.3, -0.25) is 4.98 Å².